The lowest BCUT2D eigenvalue weighted by Crippen LogP contribution is -2.44. The number of piperidine rings is 1. The number of hydrogen-bond donors (Lipinski definition) is 1. The number of benzene rings is 1. The Balaban J connectivity index is 1.68. The predicted molar refractivity (Wildman–Crippen MR) is 102 cm³/mol. The molecule has 1 atom stereocenters. The number of aliphatic carboxylic acids is 1. The van der Waals surface area contributed by atoms with Crippen molar-refractivity contribution in [2.75, 3.05) is 38.6 Å². The second kappa shape index (κ2) is 7.21. The van der Waals surface area contributed by atoms with Crippen LogP contribution < -0.4 is 4.90 Å². The summed E-state index contributed by atoms with van der Waals surface area (Å²) in [5.41, 5.74) is 1.45. The Morgan fingerprint density at radius 1 is 1.19 bits per heavy atom. The van der Waals surface area contributed by atoms with Gasteiger partial charge >= 0.3 is 5.97 Å². The van der Waals surface area contributed by atoms with Gasteiger partial charge in [0.05, 0.1) is 0 Å². The molecule has 27 heavy (non-hydrogen) atoms. The highest BCUT2D eigenvalue weighted by atomic mass is 16.4. The molecular weight excluding hydrogens is 346 g/mol. The zero-order chi connectivity index (χ0) is 19.8. The SMILES string of the molecule is CC(=O)N1CC2(CCN(C(=O)c3cccc(N(C)C)c3)CC2)CC1C(=O)O. The molecule has 0 aromatic heterocycles. The van der Waals surface area contributed by atoms with Crippen LogP contribution in [-0.4, -0.2) is 72.5 Å². The first-order valence-electron chi connectivity index (χ1n) is 9.29. The molecule has 7 heteroatoms. The number of carboxylic acid groups (broad SMARTS) is 1. The highest BCUT2D eigenvalue weighted by molar-refractivity contribution is 5.95. The van der Waals surface area contributed by atoms with Gasteiger partial charge in [-0.3, -0.25) is 9.59 Å². The lowest BCUT2D eigenvalue weighted by atomic mass is 9.76. The number of anilines is 1. The van der Waals surface area contributed by atoms with Gasteiger partial charge in [-0.25, -0.2) is 4.79 Å². The quantitative estimate of drug-likeness (QED) is 0.872. The van der Waals surface area contributed by atoms with E-state index in [9.17, 15) is 19.5 Å². The van der Waals surface area contributed by atoms with Crippen LogP contribution in [0.5, 0.6) is 0 Å². The third kappa shape index (κ3) is 3.77. The number of rotatable bonds is 3. The maximum absolute atomic E-state index is 12.9. The van der Waals surface area contributed by atoms with Crippen LogP contribution in [0.4, 0.5) is 5.69 Å². The summed E-state index contributed by atoms with van der Waals surface area (Å²) in [5, 5.41) is 9.44. The largest absolute Gasteiger partial charge is 0.480 e. The van der Waals surface area contributed by atoms with Gasteiger partial charge in [-0.2, -0.15) is 0 Å². The highest BCUT2D eigenvalue weighted by Crippen LogP contribution is 2.43. The van der Waals surface area contributed by atoms with Gasteiger partial charge in [-0.05, 0) is 42.9 Å². The molecule has 2 aliphatic rings. The molecule has 7 nitrogen and oxygen atoms in total. The highest BCUT2D eigenvalue weighted by Gasteiger charge is 2.49. The number of hydrogen-bond acceptors (Lipinski definition) is 4. The minimum absolute atomic E-state index is 0.00440. The van der Waals surface area contributed by atoms with Gasteiger partial charge in [0.25, 0.3) is 5.91 Å². The lowest BCUT2D eigenvalue weighted by Gasteiger charge is -2.39. The zero-order valence-corrected chi connectivity index (χ0v) is 16.1. The third-order valence-electron chi connectivity index (χ3n) is 5.92. The molecule has 0 bridgehead atoms. The Morgan fingerprint density at radius 2 is 1.85 bits per heavy atom. The fraction of sp³-hybridized carbons (Fsp3) is 0.550. The number of amides is 2. The van der Waals surface area contributed by atoms with E-state index in [2.05, 4.69) is 0 Å². The maximum Gasteiger partial charge on any atom is 0.326 e. The molecule has 2 fully saturated rings. The van der Waals surface area contributed by atoms with Crippen molar-refractivity contribution in [1.29, 1.82) is 0 Å². The monoisotopic (exact) mass is 373 g/mol. The topological polar surface area (TPSA) is 81.2 Å². The number of nitrogens with zero attached hydrogens (tertiary/aromatic N) is 3. The summed E-state index contributed by atoms with van der Waals surface area (Å²) in [5.74, 6) is -1.14. The van der Waals surface area contributed by atoms with Crippen molar-refractivity contribution in [1.82, 2.24) is 9.80 Å². The molecule has 0 aliphatic carbocycles. The van der Waals surface area contributed by atoms with E-state index in [1.807, 2.05) is 48.2 Å². The van der Waals surface area contributed by atoms with Crippen LogP contribution in [0.3, 0.4) is 0 Å². The first-order chi connectivity index (χ1) is 12.7. The normalized spacial score (nSPS) is 21.4. The molecule has 0 saturated carbocycles. The first-order valence-corrected chi connectivity index (χ1v) is 9.29. The van der Waals surface area contributed by atoms with Crippen molar-refractivity contribution in [2.24, 2.45) is 5.41 Å². The molecular formula is C20H27N3O4. The number of likely N-dealkylation sites (tertiary alicyclic amines) is 2. The molecule has 1 spiro atoms. The number of carboxylic acids is 1. The molecule has 1 N–H and O–H groups in total. The average molecular weight is 373 g/mol. The van der Waals surface area contributed by atoms with Crippen LogP contribution in [0.15, 0.2) is 24.3 Å². The van der Waals surface area contributed by atoms with Gasteiger partial charge in [0, 0.05) is 51.9 Å². The van der Waals surface area contributed by atoms with E-state index in [1.54, 1.807) is 0 Å². The summed E-state index contributed by atoms with van der Waals surface area (Å²) in [6.07, 6.45) is 1.92. The molecule has 1 unspecified atom stereocenters. The van der Waals surface area contributed by atoms with Crippen molar-refractivity contribution in [2.45, 2.75) is 32.2 Å². The molecule has 2 heterocycles. The van der Waals surface area contributed by atoms with Crippen molar-refractivity contribution < 1.29 is 19.5 Å². The van der Waals surface area contributed by atoms with E-state index in [-0.39, 0.29) is 17.2 Å². The summed E-state index contributed by atoms with van der Waals surface area (Å²) in [7, 11) is 3.88. The second-order valence-corrected chi connectivity index (χ2v) is 7.94. The zero-order valence-electron chi connectivity index (χ0n) is 16.1. The molecule has 146 valence electrons. The summed E-state index contributed by atoms with van der Waals surface area (Å²) >= 11 is 0. The van der Waals surface area contributed by atoms with Gasteiger partial charge in [0.2, 0.25) is 5.91 Å². The Kier molecular flexibility index (Phi) is 5.13. The molecule has 0 radical (unpaired) electrons. The Morgan fingerprint density at radius 3 is 2.37 bits per heavy atom. The van der Waals surface area contributed by atoms with E-state index >= 15 is 0 Å². The summed E-state index contributed by atoms with van der Waals surface area (Å²) in [6, 6.07) is 6.81. The predicted octanol–water partition coefficient (Wildman–Crippen LogP) is 1.68. The Labute approximate surface area is 159 Å². The van der Waals surface area contributed by atoms with Gasteiger partial charge in [-0.1, -0.05) is 6.07 Å². The van der Waals surface area contributed by atoms with Crippen molar-refractivity contribution in [3.8, 4) is 0 Å². The maximum atomic E-state index is 12.9. The van der Waals surface area contributed by atoms with Gasteiger partial charge in [-0.15, -0.1) is 0 Å². The third-order valence-corrected chi connectivity index (χ3v) is 5.92. The van der Waals surface area contributed by atoms with Crippen molar-refractivity contribution in [3.05, 3.63) is 29.8 Å². The molecule has 1 aromatic rings. The van der Waals surface area contributed by atoms with Gasteiger partial charge in [0.15, 0.2) is 0 Å². The fourth-order valence-corrected chi connectivity index (χ4v) is 4.25. The molecule has 2 saturated heterocycles. The van der Waals surface area contributed by atoms with Crippen LogP contribution in [0.25, 0.3) is 0 Å². The van der Waals surface area contributed by atoms with Gasteiger partial charge < -0.3 is 19.8 Å². The van der Waals surface area contributed by atoms with Crippen LogP contribution in [-0.2, 0) is 9.59 Å². The van der Waals surface area contributed by atoms with Crippen LogP contribution in [0.2, 0.25) is 0 Å². The van der Waals surface area contributed by atoms with E-state index in [4.69, 9.17) is 0 Å². The van der Waals surface area contributed by atoms with Crippen LogP contribution in [0.1, 0.15) is 36.5 Å². The van der Waals surface area contributed by atoms with E-state index in [1.165, 1.54) is 11.8 Å². The smallest absolute Gasteiger partial charge is 0.326 e. The number of carbonyl (C=O) groups excluding carboxylic acids is 2. The van der Waals surface area contributed by atoms with Crippen molar-refractivity contribution in [3.63, 3.8) is 0 Å². The summed E-state index contributed by atoms with van der Waals surface area (Å²) in [4.78, 5) is 41.5. The van der Waals surface area contributed by atoms with Gasteiger partial charge in [0.1, 0.15) is 6.04 Å². The van der Waals surface area contributed by atoms with E-state index < -0.39 is 12.0 Å². The first kappa shape index (κ1) is 19.2. The molecule has 2 aliphatic heterocycles. The average Bonchev–Trinajstić information content (AvgIpc) is 3.02. The minimum Gasteiger partial charge on any atom is -0.480 e. The fourth-order valence-electron chi connectivity index (χ4n) is 4.25. The van der Waals surface area contributed by atoms with E-state index in [0.29, 0.717) is 31.6 Å². The second-order valence-electron chi connectivity index (χ2n) is 7.94. The molecule has 1 aromatic carbocycles. The minimum atomic E-state index is -0.943. The number of carbonyl (C=O) groups is 3. The summed E-state index contributed by atoms with van der Waals surface area (Å²) < 4.78 is 0. The van der Waals surface area contributed by atoms with Crippen LogP contribution in [0, 0.1) is 5.41 Å². The lowest BCUT2D eigenvalue weighted by molar-refractivity contribution is -0.147. The molecule has 2 amide bonds. The standard InChI is InChI=1S/C20H27N3O4/c1-14(24)23-13-20(12-17(23)19(26)27)7-9-22(10-8-20)18(25)15-5-4-6-16(11-15)21(2)3/h4-6,11,17H,7-10,12-13H2,1-3H3,(H,26,27). The summed E-state index contributed by atoms with van der Waals surface area (Å²) in [6.45, 7) is 3.06. The Hall–Kier alpha value is -2.57. The van der Waals surface area contributed by atoms with Crippen molar-refractivity contribution >= 4 is 23.5 Å². The Bertz CT molecular complexity index is 729. The van der Waals surface area contributed by atoms with E-state index in [0.717, 1.165) is 18.5 Å². The van der Waals surface area contributed by atoms with Crippen LogP contribution >= 0.6 is 0 Å². The molecule has 3 rings (SSSR count).